The highest BCUT2D eigenvalue weighted by molar-refractivity contribution is 5.88. The monoisotopic (exact) mass is 236 g/mol. The molecule has 1 aliphatic rings. The summed E-state index contributed by atoms with van der Waals surface area (Å²) in [5.74, 6) is 0.704. The Morgan fingerprint density at radius 2 is 2.24 bits per heavy atom. The van der Waals surface area contributed by atoms with Crippen LogP contribution in [0, 0.1) is 0 Å². The summed E-state index contributed by atoms with van der Waals surface area (Å²) in [7, 11) is 0. The average molecular weight is 236 g/mol. The molecule has 1 fully saturated rings. The zero-order valence-corrected chi connectivity index (χ0v) is 10.4. The van der Waals surface area contributed by atoms with Gasteiger partial charge in [-0.15, -0.1) is 0 Å². The van der Waals surface area contributed by atoms with Crippen LogP contribution in [0.5, 0.6) is 0 Å². The molecule has 4 heteroatoms. The predicted octanol–water partition coefficient (Wildman–Crippen LogP) is 1.71. The standard InChI is InChI=1S/C13H20N2O2/c1-2-8-15-9-7-14-12(15)10-11(16)13(17)5-3-4-6-13/h7,9,17H,2-6,8,10H2,1H3. The summed E-state index contributed by atoms with van der Waals surface area (Å²) in [6.07, 6.45) is 8.00. The van der Waals surface area contributed by atoms with Gasteiger partial charge in [0.1, 0.15) is 11.4 Å². The third-order valence-corrected chi connectivity index (χ3v) is 3.53. The first-order valence-electron chi connectivity index (χ1n) is 6.41. The SMILES string of the molecule is CCCn1ccnc1CC(=O)C1(O)CCCC1. The summed E-state index contributed by atoms with van der Waals surface area (Å²) >= 11 is 0. The van der Waals surface area contributed by atoms with Crippen molar-refractivity contribution in [1.82, 2.24) is 9.55 Å². The number of aryl methyl sites for hydroxylation is 1. The van der Waals surface area contributed by atoms with Crippen LogP contribution >= 0.6 is 0 Å². The van der Waals surface area contributed by atoms with Gasteiger partial charge in [0.25, 0.3) is 0 Å². The second-order valence-corrected chi connectivity index (χ2v) is 4.88. The number of ketones is 1. The number of carbonyl (C=O) groups excluding carboxylic acids is 1. The molecule has 1 aromatic heterocycles. The first kappa shape index (κ1) is 12.3. The highest BCUT2D eigenvalue weighted by Gasteiger charge is 2.38. The number of hydrogen-bond acceptors (Lipinski definition) is 3. The number of imidazole rings is 1. The van der Waals surface area contributed by atoms with Crippen LogP contribution in [0.2, 0.25) is 0 Å². The van der Waals surface area contributed by atoms with E-state index in [0.717, 1.165) is 31.6 Å². The van der Waals surface area contributed by atoms with E-state index >= 15 is 0 Å². The van der Waals surface area contributed by atoms with Crippen LogP contribution in [0.25, 0.3) is 0 Å². The van der Waals surface area contributed by atoms with Gasteiger partial charge in [-0.3, -0.25) is 4.79 Å². The molecule has 2 rings (SSSR count). The van der Waals surface area contributed by atoms with Crippen LogP contribution in [0.4, 0.5) is 0 Å². The highest BCUT2D eigenvalue weighted by Crippen LogP contribution is 2.31. The Kier molecular flexibility index (Phi) is 3.62. The van der Waals surface area contributed by atoms with Crippen LogP contribution in [-0.4, -0.2) is 26.0 Å². The number of aliphatic hydroxyl groups is 1. The van der Waals surface area contributed by atoms with Crippen LogP contribution in [0.15, 0.2) is 12.4 Å². The predicted molar refractivity (Wildman–Crippen MR) is 64.6 cm³/mol. The van der Waals surface area contributed by atoms with E-state index in [1.165, 1.54) is 0 Å². The summed E-state index contributed by atoms with van der Waals surface area (Å²) in [5.41, 5.74) is -1.08. The maximum atomic E-state index is 12.1. The summed E-state index contributed by atoms with van der Waals surface area (Å²) in [4.78, 5) is 16.3. The molecule has 0 unspecified atom stereocenters. The van der Waals surface area contributed by atoms with Gasteiger partial charge in [-0.25, -0.2) is 4.98 Å². The number of carbonyl (C=O) groups is 1. The minimum absolute atomic E-state index is 0.0708. The van der Waals surface area contributed by atoms with E-state index < -0.39 is 5.60 Å². The van der Waals surface area contributed by atoms with Crippen molar-refractivity contribution in [2.24, 2.45) is 0 Å². The Labute approximate surface area is 102 Å². The van der Waals surface area contributed by atoms with E-state index in [1.54, 1.807) is 6.20 Å². The molecule has 0 saturated heterocycles. The minimum atomic E-state index is -1.08. The van der Waals surface area contributed by atoms with Gasteiger partial charge in [-0.1, -0.05) is 6.92 Å². The molecule has 1 N–H and O–H groups in total. The number of hydrogen-bond donors (Lipinski definition) is 1. The van der Waals surface area contributed by atoms with Gasteiger partial charge < -0.3 is 9.67 Å². The van der Waals surface area contributed by atoms with Gasteiger partial charge in [0.15, 0.2) is 5.78 Å². The molecular weight excluding hydrogens is 216 g/mol. The third kappa shape index (κ3) is 2.57. The minimum Gasteiger partial charge on any atom is -0.382 e. The summed E-state index contributed by atoms with van der Waals surface area (Å²) < 4.78 is 2.00. The molecule has 0 aromatic carbocycles. The van der Waals surface area contributed by atoms with E-state index in [-0.39, 0.29) is 12.2 Å². The quantitative estimate of drug-likeness (QED) is 0.846. The van der Waals surface area contributed by atoms with E-state index in [2.05, 4.69) is 11.9 Å². The molecule has 94 valence electrons. The van der Waals surface area contributed by atoms with Crippen molar-refractivity contribution in [3.8, 4) is 0 Å². The fourth-order valence-corrected chi connectivity index (χ4v) is 2.50. The zero-order valence-electron chi connectivity index (χ0n) is 10.4. The van der Waals surface area contributed by atoms with Crippen molar-refractivity contribution in [3.63, 3.8) is 0 Å². The van der Waals surface area contributed by atoms with E-state index in [4.69, 9.17) is 0 Å². The van der Waals surface area contributed by atoms with Gasteiger partial charge in [0.2, 0.25) is 0 Å². The Hall–Kier alpha value is -1.16. The zero-order chi connectivity index (χ0) is 12.3. The van der Waals surface area contributed by atoms with Gasteiger partial charge >= 0.3 is 0 Å². The lowest BCUT2D eigenvalue weighted by molar-refractivity contribution is -0.136. The van der Waals surface area contributed by atoms with Crippen LogP contribution < -0.4 is 0 Å². The molecule has 1 aliphatic carbocycles. The maximum Gasteiger partial charge on any atom is 0.171 e. The lowest BCUT2D eigenvalue weighted by Crippen LogP contribution is -2.37. The largest absolute Gasteiger partial charge is 0.382 e. The van der Waals surface area contributed by atoms with Crippen molar-refractivity contribution >= 4 is 5.78 Å². The van der Waals surface area contributed by atoms with Crippen LogP contribution in [-0.2, 0) is 17.8 Å². The van der Waals surface area contributed by atoms with E-state index in [1.807, 2.05) is 10.8 Å². The summed E-state index contributed by atoms with van der Waals surface area (Å²) in [6, 6.07) is 0. The Balaban J connectivity index is 2.04. The maximum absolute atomic E-state index is 12.1. The van der Waals surface area contributed by atoms with Crippen molar-refractivity contribution < 1.29 is 9.90 Å². The molecule has 1 aromatic rings. The summed E-state index contributed by atoms with van der Waals surface area (Å²) in [5, 5.41) is 10.2. The molecule has 1 heterocycles. The van der Waals surface area contributed by atoms with Crippen molar-refractivity contribution in [2.75, 3.05) is 0 Å². The molecular formula is C13H20N2O2. The second-order valence-electron chi connectivity index (χ2n) is 4.88. The molecule has 0 radical (unpaired) electrons. The van der Waals surface area contributed by atoms with Gasteiger partial charge in [0, 0.05) is 18.9 Å². The molecule has 0 spiro atoms. The highest BCUT2D eigenvalue weighted by atomic mass is 16.3. The van der Waals surface area contributed by atoms with Gasteiger partial charge in [-0.05, 0) is 32.1 Å². The molecule has 17 heavy (non-hydrogen) atoms. The Morgan fingerprint density at radius 1 is 1.53 bits per heavy atom. The molecule has 0 amide bonds. The Morgan fingerprint density at radius 3 is 2.88 bits per heavy atom. The van der Waals surface area contributed by atoms with Crippen LogP contribution in [0.1, 0.15) is 44.9 Å². The first-order valence-corrected chi connectivity index (χ1v) is 6.41. The third-order valence-electron chi connectivity index (χ3n) is 3.53. The van der Waals surface area contributed by atoms with E-state index in [0.29, 0.717) is 12.8 Å². The number of aromatic nitrogens is 2. The number of Topliss-reactive ketones (excluding diaryl/α,β-unsaturated/α-hetero) is 1. The smallest absolute Gasteiger partial charge is 0.171 e. The topological polar surface area (TPSA) is 55.1 Å². The lowest BCUT2D eigenvalue weighted by Gasteiger charge is -2.20. The number of rotatable bonds is 5. The molecule has 0 bridgehead atoms. The van der Waals surface area contributed by atoms with E-state index in [9.17, 15) is 9.90 Å². The first-order chi connectivity index (χ1) is 8.15. The molecule has 0 aliphatic heterocycles. The molecule has 1 saturated carbocycles. The average Bonchev–Trinajstić information content (AvgIpc) is 2.90. The van der Waals surface area contributed by atoms with Gasteiger partial charge in [0.05, 0.1) is 6.42 Å². The molecule has 0 atom stereocenters. The fourth-order valence-electron chi connectivity index (χ4n) is 2.50. The number of nitrogens with zero attached hydrogens (tertiary/aromatic N) is 2. The molecule has 4 nitrogen and oxygen atoms in total. The lowest BCUT2D eigenvalue weighted by atomic mass is 9.94. The normalized spacial score (nSPS) is 18.5. The van der Waals surface area contributed by atoms with Crippen molar-refractivity contribution in [1.29, 1.82) is 0 Å². The second kappa shape index (κ2) is 5.00. The van der Waals surface area contributed by atoms with Crippen molar-refractivity contribution in [3.05, 3.63) is 18.2 Å². The Bertz CT molecular complexity index is 392. The van der Waals surface area contributed by atoms with Gasteiger partial charge in [-0.2, -0.15) is 0 Å². The summed E-state index contributed by atoms with van der Waals surface area (Å²) in [6.45, 7) is 2.97. The van der Waals surface area contributed by atoms with Crippen molar-refractivity contribution in [2.45, 2.75) is 57.6 Å². The van der Waals surface area contributed by atoms with Crippen LogP contribution in [0.3, 0.4) is 0 Å². The fraction of sp³-hybridized carbons (Fsp3) is 0.692.